The van der Waals surface area contributed by atoms with Gasteiger partial charge in [-0.3, -0.25) is 0 Å². The second-order valence-electron chi connectivity index (χ2n) is 5.74. The Morgan fingerprint density at radius 2 is 2.20 bits per heavy atom. The van der Waals surface area contributed by atoms with Crippen LogP contribution in [-0.4, -0.2) is 36.4 Å². The maximum Gasteiger partial charge on any atom is 0.328 e. The lowest BCUT2D eigenvalue weighted by Gasteiger charge is -2.39. The van der Waals surface area contributed by atoms with Gasteiger partial charge < -0.3 is 14.7 Å². The van der Waals surface area contributed by atoms with Gasteiger partial charge in [0.15, 0.2) is 0 Å². The first-order valence-corrected chi connectivity index (χ1v) is 6.78. The van der Waals surface area contributed by atoms with E-state index in [0.717, 1.165) is 36.5 Å². The van der Waals surface area contributed by atoms with Crippen LogP contribution in [0.15, 0.2) is 24.3 Å². The summed E-state index contributed by atoms with van der Waals surface area (Å²) in [6, 6.07) is 6.10. The Bertz CT molecular complexity index is 535. The summed E-state index contributed by atoms with van der Waals surface area (Å²) in [5.41, 5.74) is 3.04. The molecule has 0 spiro atoms. The highest BCUT2D eigenvalue weighted by Crippen LogP contribution is 2.25. The van der Waals surface area contributed by atoms with Crippen LogP contribution in [0.3, 0.4) is 0 Å². The Kier molecular flexibility index (Phi) is 4.14. The number of aryl methyl sites for hydroxylation is 1. The van der Waals surface area contributed by atoms with E-state index in [1.165, 1.54) is 6.08 Å². The first-order chi connectivity index (χ1) is 9.37. The monoisotopic (exact) mass is 275 g/mol. The number of carboxylic acids is 1. The molecule has 108 valence electrons. The van der Waals surface area contributed by atoms with E-state index in [1.54, 1.807) is 6.08 Å². The summed E-state index contributed by atoms with van der Waals surface area (Å²) < 4.78 is 5.72. The van der Waals surface area contributed by atoms with E-state index in [1.807, 2.05) is 19.1 Å². The van der Waals surface area contributed by atoms with Crippen molar-refractivity contribution in [2.75, 3.05) is 24.6 Å². The molecule has 1 aromatic rings. The van der Waals surface area contributed by atoms with Crippen LogP contribution >= 0.6 is 0 Å². The average Bonchev–Trinajstić information content (AvgIpc) is 2.36. The van der Waals surface area contributed by atoms with Crippen molar-refractivity contribution in [3.8, 4) is 0 Å². The van der Waals surface area contributed by atoms with E-state index < -0.39 is 5.97 Å². The molecule has 4 nitrogen and oxygen atoms in total. The third-order valence-electron chi connectivity index (χ3n) is 3.45. The molecule has 1 fully saturated rings. The molecule has 0 radical (unpaired) electrons. The zero-order valence-electron chi connectivity index (χ0n) is 12.2. The maximum absolute atomic E-state index is 10.6. The van der Waals surface area contributed by atoms with Crippen LogP contribution in [0.1, 0.15) is 25.0 Å². The summed E-state index contributed by atoms with van der Waals surface area (Å²) in [5.74, 6) is -0.927. The molecular weight excluding hydrogens is 254 g/mol. The van der Waals surface area contributed by atoms with Gasteiger partial charge in [0.1, 0.15) is 0 Å². The second kappa shape index (κ2) is 5.67. The van der Waals surface area contributed by atoms with Gasteiger partial charge in [-0.15, -0.1) is 0 Å². The Morgan fingerprint density at radius 1 is 1.45 bits per heavy atom. The van der Waals surface area contributed by atoms with Crippen molar-refractivity contribution in [1.82, 2.24) is 0 Å². The number of carboxylic acid groups (broad SMARTS) is 1. The van der Waals surface area contributed by atoms with Crippen molar-refractivity contribution in [3.05, 3.63) is 35.4 Å². The molecular formula is C16H21NO3. The number of ether oxygens (including phenoxy) is 1. The highest BCUT2D eigenvalue weighted by Gasteiger charge is 2.27. The van der Waals surface area contributed by atoms with Crippen LogP contribution in [0.25, 0.3) is 6.08 Å². The van der Waals surface area contributed by atoms with Gasteiger partial charge in [-0.2, -0.15) is 0 Å². The molecule has 0 aliphatic carbocycles. The van der Waals surface area contributed by atoms with Crippen molar-refractivity contribution >= 4 is 17.7 Å². The van der Waals surface area contributed by atoms with Crippen LogP contribution < -0.4 is 4.90 Å². The lowest BCUT2D eigenvalue weighted by Crippen LogP contribution is -2.48. The first-order valence-electron chi connectivity index (χ1n) is 6.78. The van der Waals surface area contributed by atoms with E-state index in [2.05, 4.69) is 24.8 Å². The van der Waals surface area contributed by atoms with Crippen molar-refractivity contribution in [2.45, 2.75) is 26.4 Å². The fourth-order valence-electron chi connectivity index (χ4n) is 2.44. The number of carbonyl (C=O) groups is 1. The maximum atomic E-state index is 10.6. The van der Waals surface area contributed by atoms with E-state index >= 15 is 0 Å². The zero-order valence-corrected chi connectivity index (χ0v) is 12.2. The highest BCUT2D eigenvalue weighted by molar-refractivity contribution is 5.85. The Hall–Kier alpha value is -1.81. The third-order valence-corrected chi connectivity index (χ3v) is 3.45. The van der Waals surface area contributed by atoms with E-state index in [-0.39, 0.29) is 5.60 Å². The minimum Gasteiger partial charge on any atom is -0.478 e. The molecule has 1 N–H and O–H groups in total. The Morgan fingerprint density at radius 3 is 2.80 bits per heavy atom. The number of morpholine rings is 1. The highest BCUT2D eigenvalue weighted by atomic mass is 16.5. The van der Waals surface area contributed by atoms with Crippen LogP contribution in [0.2, 0.25) is 0 Å². The number of hydrogen-bond acceptors (Lipinski definition) is 3. The summed E-state index contributed by atoms with van der Waals surface area (Å²) in [4.78, 5) is 12.9. The summed E-state index contributed by atoms with van der Waals surface area (Å²) >= 11 is 0. The average molecular weight is 275 g/mol. The molecule has 0 atom stereocenters. The molecule has 0 bridgehead atoms. The molecule has 0 amide bonds. The predicted octanol–water partition coefficient (Wildman–Crippen LogP) is 2.71. The number of aliphatic carboxylic acids is 1. The minimum atomic E-state index is -0.927. The summed E-state index contributed by atoms with van der Waals surface area (Å²) in [6.07, 6.45) is 2.80. The zero-order chi connectivity index (χ0) is 14.8. The van der Waals surface area contributed by atoms with Crippen molar-refractivity contribution < 1.29 is 14.6 Å². The molecule has 1 aliphatic rings. The fraction of sp³-hybridized carbons (Fsp3) is 0.438. The van der Waals surface area contributed by atoms with Gasteiger partial charge in [0.05, 0.1) is 12.2 Å². The number of rotatable bonds is 3. The van der Waals surface area contributed by atoms with Crippen LogP contribution in [0.4, 0.5) is 5.69 Å². The van der Waals surface area contributed by atoms with Crippen molar-refractivity contribution in [2.24, 2.45) is 0 Å². The molecule has 0 unspecified atom stereocenters. The van der Waals surface area contributed by atoms with Crippen molar-refractivity contribution in [1.29, 1.82) is 0 Å². The SMILES string of the molecule is Cc1cc(N2CCOC(C)(C)C2)ccc1C=CC(=O)O. The van der Waals surface area contributed by atoms with Crippen LogP contribution in [0, 0.1) is 6.92 Å². The largest absolute Gasteiger partial charge is 0.478 e. The lowest BCUT2D eigenvalue weighted by molar-refractivity contribution is -0.131. The van der Waals surface area contributed by atoms with E-state index in [4.69, 9.17) is 9.84 Å². The third kappa shape index (κ3) is 3.61. The second-order valence-corrected chi connectivity index (χ2v) is 5.74. The summed E-state index contributed by atoms with van der Waals surface area (Å²) in [6.45, 7) is 8.65. The molecule has 2 rings (SSSR count). The Labute approximate surface area is 119 Å². The molecule has 1 heterocycles. The van der Waals surface area contributed by atoms with Gasteiger partial charge in [-0.05, 0) is 50.1 Å². The topological polar surface area (TPSA) is 49.8 Å². The van der Waals surface area contributed by atoms with Gasteiger partial charge in [-0.25, -0.2) is 4.79 Å². The number of hydrogen-bond donors (Lipinski definition) is 1. The van der Waals surface area contributed by atoms with Gasteiger partial charge in [0.2, 0.25) is 0 Å². The fourth-order valence-corrected chi connectivity index (χ4v) is 2.44. The summed E-state index contributed by atoms with van der Waals surface area (Å²) in [7, 11) is 0. The molecule has 1 saturated heterocycles. The van der Waals surface area contributed by atoms with Crippen molar-refractivity contribution in [3.63, 3.8) is 0 Å². The Balaban J connectivity index is 2.18. The smallest absolute Gasteiger partial charge is 0.328 e. The lowest BCUT2D eigenvalue weighted by atomic mass is 10.0. The predicted molar refractivity (Wildman–Crippen MR) is 80.1 cm³/mol. The van der Waals surface area contributed by atoms with Gasteiger partial charge >= 0.3 is 5.97 Å². The molecule has 20 heavy (non-hydrogen) atoms. The van der Waals surface area contributed by atoms with E-state index in [9.17, 15) is 4.79 Å². The number of anilines is 1. The van der Waals surface area contributed by atoms with Crippen LogP contribution in [-0.2, 0) is 9.53 Å². The minimum absolute atomic E-state index is 0.131. The molecule has 0 aromatic heterocycles. The quantitative estimate of drug-likeness (QED) is 0.862. The van der Waals surface area contributed by atoms with Gasteiger partial charge in [0.25, 0.3) is 0 Å². The standard InChI is InChI=1S/C16H21NO3/c1-12-10-14(6-4-13(12)5-7-15(18)19)17-8-9-20-16(2,3)11-17/h4-7,10H,8-9,11H2,1-3H3,(H,18,19). The first kappa shape index (κ1) is 14.6. The van der Waals surface area contributed by atoms with Gasteiger partial charge in [-0.1, -0.05) is 6.07 Å². The number of nitrogens with zero attached hydrogens (tertiary/aromatic N) is 1. The van der Waals surface area contributed by atoms with E-state index in [0.29, 0.717) is 0 Å². The molecule has 4 heteroatoms. The van der Waals surface area contributed by atoms with Crippen LogP contribution in [0.5, 0.6) is 0 Å². The normalized spacial score (nSPS) is 18.4. The molecule has 1 aromatic carbocycles. The molecule has 0 saturated carbocycles. The molecule has 1 aliphatic heterocycles. The summed E-state index contributed by atoms with van der Waals surface area (Å²) in [5, 5.41) is 8.67. The number of benzene rings is 1. The van der Waals surface area contributed by atoms with Gasteiger partial charge in [0, 0.05) is 24.9 Å².